The van der Waals surface area contributed by atoms with Gasteiger partial charge in [0.15, 0.2) is 9.84 Å². The molecule has 0 bridgehead atoms. The molecule has 0 atom stereocenters. The van der Waals surface area contributed by atoms with Crippen molar-refractivity contribution in [1.82, 2.24) is 9.78 Å². The van der Waals surface area contributed by atoms with Gasteiger partial charge in [-0.15, -0.1) is 0 Å². The van der Waals surface area contributed by atoms with E-state index in [0.717, 1.165) is 17.8 Å². The van der Waals surface area contributed by atoms with Crippen LogP contribution in [-0.4, -0.2) is 24.0 Å². The fourth-order valence-corrected chi connectivity index (χ4v) is 3.33. The third-order valence-corrected chi connectivity index (χ3v) is 4.30. The molecule has 1 aromatic rings. The van der Waals surface area contributed by atoms with Crippen molar-refractivity contribution in [2.75, 3.05) is 5.75 Å². The summed E-state index contributed by atoms with van der Waals surface area (Å²) >= 11 is 0. The Morgan fingerprint density at radius 1 is 1.53 bits per heavy atom. The molecule has 1 aliphatic rings. The molecule has 1 aliphatic heterocycles. The molecule has 2 heterocycles. The van der Waals surface area contributed by atoms with Gasteiger partial charge in [0.05, 0.1) is 22.9 Å². The zero-order valence-corrected chi connectivity index (χ0v) is 9.55. The van der Waals surface area contributed by atoms with Gasteiger partial charge in [0.1, 0.15) is 0 Å². The fraction of sp³-hybridized carbons (Fsp3) is 0.667. The molecule has 0 spiro atoms. The molecule has 0 radical (unpaired) electrons. The lowest BCUT2D eigenvalue weighted by Crippen LogP contribution is -2.19. The first-order valence-electron chi connectivity index (χ1n) is 5.05. The van der Waals surface area contributed by atoms with Crippen LogP contribution < -0.4 is 5.73 Å². The number of sulfone groups is 1. The van der Waals surface area contributed by atoms with E-state index in [1.807, 2.05) is 11.6 Å². The second-order valence-electron chi connectivity index (χ2n) is 3.73. The minimum Gasteiger partial charge on any atom is -0.325 e. The zero-order chi connectivity index (χ0) is 11.1. The fourth-order valence-electron chi connectivity index (χ4n) is 2.02. The molecule has 1 aromatic heterocycles. The lowest BCUT2D eigenvalue weighted by atomic mass is 10.1. The van der Waals surface area contributed by atoms with Gasteiger partial charge in [-0.3, -0.25) is 4.68 Å². The predicted octanol–water partition coefficient (Wildman–Crippen LogP) is -0.167. The first-order chi connectivity index (χ1) is 7.07. The Morgan fingerprint density at radius 3 is 2.87 bits per heavy atom. The van der Waals surface area contributed by atoms with Crippen LogP contribution in [0.4, 0.5) is 0 Å². The molecule has 15 heavy (non-hydrogen) atoms. The van der Waals surface area contributed by atoms with Crippen LogP contribution in [0.25, 0.3) is 0 Å². The zero-order valence-electron chi connectivity index (χ0n) is 8.73. The largest absolute Gasteiger partial charge is 0.325 e. The maximum Gasteiger partial charge on any atom is 0.156 e. The Kier molecular flexibility index (Phi) is 2.56. The second-order valence-corrected chi connectivity index (χ2v) is 5.92. The van der Waals surface area contributed by atoms with Gasteiger partial charge >= 0.3 is 0 Å². The molecule has 0 amide bonds. The smallest absolute Gasteiger partial charge is 0.156 e. The molecule has 2 rings (SSSR count). The average Bonchev–Trinajstić information content (AvgIpc) is 2.52. The van der Waals surface area contributed by atoms with E-state index in [1.54, 1.807) is 0 Å². The van der Waals surface area contributed by atoms with E-state index >= 15 is 0 Å². The van der Waals surface area contributed by atoms with Crippen LogP contribution in [-0.2, 0) is 35.1 Å². The molecular formula is C9H15N3O2S. The number of hydrogen-bond donors (Lipinski definition) is 1. The van der Waals surface area contributed by atoms with E-state index in [2.05, 4.69) is 5.10 Å². The highest BCUT2D eigenvalue weighted by Crippen LogP contribution is 2.23. The van der Waals surface area contributed by atoms with Gasteiger partial charge in [-0.2, -0.15) is 5.10 Å². The van der Waals surface area contributed by atoms with Crippen LogP contribution in [0.2, 0.25) is 0 Å². The number of aromatic nitrogens is 2. The Balaban J connectivity index is 2.50. The topological polar surface area (TPSA) is 78.0 Å². The van der Waals surface area contributed by atoms with E-state index < -0.39 is 9.84 Å². The molecule has 0 saturated carbocycles. The molecule has 2 N–H and O–H groups in total. The summed E-state index contributed by atoms with van der Waals surface area (Å²) in [6.07, 6.45) is 0.560. The van der Waals surface area contributed by atoms with Crippen molar-refractivity contribution < 1.29 is 8.42 Å². The van der Waals surface area contributed by atoms with Gasteiger partial charge in [-0.05, 0) is 18.9 Å². The Hall–Kier alpha value is -0.880. The summed E-state index contributed by atoms with van der Waals surface area (Å²) in [5, 5.41) is 4.29. The van der Waals surface area contributed by atoms with Gasteiger partial charge in [0.25, 0.3) is 0 Å². The molecule has 5 nitrogen and oxygen atoms in total. The molecule has 0 fully saturated rings. The van der Waals surface area contributed by atoms with Crippen molar-refractivity contribution in [2.24, 2.45) is 5.73 Å². The summed E-state index contributed by atoms with van der Waals surface area (Å²) < 4.78 is 24.7. The summed E-state index contributed by atoms with van der Waals surface area (Å²) in [5.41, 5.74) is 8.39. The number of hydrogen-bond acceptors (Lipinski definition) is 4. The highest BCUT2D eigenvalue weighted by molar-refractivity contribution is 7.90. The normalized spacial score (nSPS) is 18.8. The van der Waals surface area contributed by atoms with Crippen LogP contribution in [0, 0.1) is 0 Å². The van der Waals surface area contributed by atoms with Gasteiger partial charge in [0.2, 0.25) is 0 Å². The van der Waals surface area contributed by atoms with Crippen LogP contribution >= 0.6 is 0 Å². The minimum absolute atomic E-state index is 0.0718. The quantitative estimate of drug-likeness (QED) is 0.764. The third kappa shape index (κ3) is 1.79. The Bertz CT molecular complexity index is 476. The van der Waals surface area contributed by atoms with Crippen molar-refractivity contribution in [2.45, 2.75) is 32.2 Å². The molecule has 0 saturated heterocycles. The summed E-state index contributed by atoms with van der Waals surface area (Å²) in [4.78, 5) is 0. The maximum absolute atomic E-state index is 11.4. The van der Waals surface area contributed by atoms with Crippen LogP contribution in [0.3, 0.4) is 0 Å². The monoisotopic (exact) mass is 229 g/mol. The second kappa shape index (κ2) is 3.61. The Labute approximate surface area is 89.2 Å². The molecule has 0 aromatic carbocycles. The number of fused-ring (bicyclic) bond motifs is 1. The summed E-state index contributed by atoms with van der Waals surface area (Å²) in [7, 11) is -2.93. The van der Waals surface area contributed by atoms with E-state index in [4.69, 9.17) is 5.73 Å². The average molecular weight is 229 g/mol. The van der Waals surface area contributed by atoms with E-state index in [1.165, 1.54) is 0 Å². The van der Waals surface area contributed by atoms with Gasteiger partial charge < -0.3 is 5.73 Å². The standard InChI is InChI=1S/C9H15N3O2S/c1-2-12-9(5-10)7-3-4-15(13,14)6-8(7)11-12/h2-6,10H2,1H3. The first-order valence-corrected chi connectivity index (χ1v) is 6.87. The van der Waals surface area contributed by atoms with Gasteiger partial charge in [-0.1, -0.05) is 0 Å². The van der Waals surface area contributed by atoms with Crippen molar-refractivity contribution in [3.8, 4) is 0 Å². The van der Waals surface area contributed by atoms with Crippen molar-refractivity contribution >= 4 is 9.84 Å². The number of aryl methyl sites for hydroxylation is 1. The van der Waals surface area contributed by atoms with Crippen molar-refractivity contribution in [3.63, 3.8) is 0 Å². The maximum atomic E-state index is 11.4. The number of nitrogens with zero attached hydrogens (tertiary/aromatic N) is 2. The first kappa shape index (κ1) is 10.6. The van der Waals surface area contributed by atoms with Crippen LogP contribution in [0.1, 0.15) is 23.9 Å². The SMILES string of the molecule is CCn1nc2c(c1CN)CCS(=O)(=O)C2. The van der Waals surface area contributed by atoms with E-state index in [-0.39, 0.29) is 11.5 Å². The predicted molar refractivity (Wildman–Crippen MR) is 57.0 cm³/mol. The van der Waals surface area contributed by atoms with E-state index in [9.17, 15) is 8.42 Å². The lowest BCUT2D eigenvalue weighted by molar-refractivity contribution is 0.589. The molecule has 0 unspecified atom stereocenters. The Morgan fingerprint density at radius 2 is 2.27 bits per heavy atom. The van der Waals surface area contributed by atoms with Crippen molar-refractivity contribution in [3.05, 3.63) is 17.0 Å². The highest BCUT2D eigenvalue weighted by atomic mass is 32.2. The summed E-state index contributed by atoms with van der Waals surface area (Å²) in [6, 6.07) is 0. The number of nitrogens with two attached hydrogens (primary N) is 1. The van der Waals surface area contributed by atoms with E-state index in [0.29, 0.717) is 18.7 Å². The summed E-state index contributed by atoms with van der Waals surface area (Å²) in [5.74, 6) is 0.296. The molecule has 0 aliphatic carbocycles. The molecule has 84 valence electrons. The highest BCUT2D eigenvalue weighted by Gasteiger charge is 2.27. The lowest BCUT2D eigenvalue weighted by Gasteiger charge is -2.11. The van der Waals surface area contributed by atoms with Gasteiger partial charge in [-0.25, -0.2) is 8.42 Å². The minimum atomic E-state index is -2.93. The van der Waals surface area contributed by atoms with Crippen LogP contribution in [0.15, 0.2) is 0 Å². The van der Waals surface area contributed by atoms with Crippen molar-refractivity contribution in [1.29, 1.82) is 0 Å². The third-order valence-electron chi connectivity index (χ3n) is 2.76. The van der Waals surface area contributed by atoms with Crippen LogP contribution in [0.5, 0.6) is 0 Å². The summed E-state index contributed by atoms with van der Waals surface area (Å²) in [6.45, 7) is 3.14. The number of rotatable bonds is 2. The molecular weight excluding hydrogens is 214 g/mol. The molecule has 6 heteroatoms. The van der Waals surface area contributed by atoms with Gasteiger partial charge in [0, 0.05) is 13.1 Å².